The molecule has 98 valence electrons. The summed E-state index contributed by atoms with van der Waals surface area (Å²) in [6.45, 7) is 2.28. The molecule has 4 heteroatoms. The molecule has 0 aliphatic heterocycles. The first-order chi connectivity index (χ1) is 9.13. The molecule has 2 aromatic carbocycles. The average Bonchev–Trinajstić information content (AvgIpc) is 2.42. The Kier molecular flexibility index (Phi) is 3.90. The number of halogens is 2. The molecule has 0 heterocycles. The highest BCUT2D eigenvalue weighted by molar-refractivity contribution is 6.09. The molecule has 0 spiro atoms. The van der Waals surface area contributed by atoms with Crippen LogP contribution in [0, 0.1) is 11.6 Å². The van der Waals surface area contributed by atoms with Gasteiger partial charge in [0.2, 0.25) is 0 Å². The third-order valence-corrected chi connectivity index (χ3v) is 2.60. The van der Waals surface area contributed by atoms with Gasteiger partial charge in [-0.2, -0.15) is 0 Å². The molecule has 0 aliphatic carbocycles. The fourth-order valence-corrected chi connectivity index (χ4v) is 1.73. The van der Waals surface area contributed by atoms with Gasteiger partial charge in [0.05, 0.1) is 12.2 Å². The van der Waals surface area contributed by atoms with E-state index in [1.54, 1.807) is 12.1 Å². The zero-order chi connectivity index (χ0) is 13.8. The Labute approximate surface area is 109 Å². The zero-order valence-electron chi connectivity index (χ0n) is 10.3. The largest absolute Gasteiger partial charge is 0.494 e. The maximum absolute atomic E-state index is 13.6. The second-order valence-electron chi connectivity index (χ2n) is 3.89. The van der Waals surface area contributed by atoms with Crippen molar-refractivity contribution in [2.24, 2.45) is 0 Å². The summed E-state index contributed by atoms with van der Waals surface area (Å²) in [4.78, 5) is 12.1. The highest BCUT2D eigenvalue weighted by Crippen LogP contribution is 2.19. The zero-order valence-corrected chi connectivity index (χ0v) is 10.3. The van der Waals surface area contributed by atoms with Crippen molar-refractivity contribution in [2.45, 2.75) is 6.92 Å². The van der Waals surface area contributed by atoms with Crippen LogP contribution in [0.3, 0.4) is 0 Å². The van der Waals surface area contributed by atoms with E-state index >= 15 is 0 Å². The van der Waals surface area contributed by atoms with Crippen LogP contribution >= 0.6 is 0 Å². The molecule has 0 bridgehead atoms. The van der Waals surface area contributed by atoms with Gasteiger partial charge in [-0.3, -0.25) is 4.79 Å². The Morgan fingerprint density at radius 2 is 1.89 bits per heavy atom. The lowest BCUT2D eigenvalue weighted by Gasteiger charge is -2.06. The first kappa shape index (κ1) is 13.2. The van der Waals surface area contributed by atoms with Crippen molar-refractivity contribution < 1.29 is 18.3 Å². The maximum Gasteiger partial charge on any atom is 0.196 e. The molecule has 0 aliphatic rings. The van der Waals surface area contributed by atoms with Crippen LogP contribution in [-0.4, -0.2) is 12.4 Å². The lowest BCUT2D eigenvalue weighted by molar-refractivity contribution is 0.103. The summed E-state index contributed by atoms with van der Waals surface area (Å²) in [5.41, 5.74) is -0.0240. The molecule has 0 amide bonds. The van der Waals surface area contributed by atoms with E-state index in [2.05, 4.69) is 0 Å². The monoisotopic (exact) mass is 262 g/mol. The molecule has 0 fully saturated rings. The smallest absolute Gasteiger partial charge is 0.196 e. The molecule has 0 saturated carbocycles. The van der Waals surface area contributed by atoms with E-state index in [0.29, 0.717) is 12.4 Å². The van der Waals surface area contributed by atoms with Crippen molar-refractivity contribution in [3.63, 3.8) is 0 Å². The second kappa shape index (κ2) is 5.61. The maximum atomic E-state index is 13.6. The Morgan fingerprint density at radius 3 is 2.63 bits per heavy atom. The van der Waals surface area contributed by atoms with Crippen LogP contribution < -0.4 is 4.74 Å². The number of ketones is 1. The fourth-order valence-electron chi connectivity index (χ4n) is 1.73. The molecular formula is C15H12F2O2. The van der Waals surface area contributed by atoms with E-state index in [4.69, 9.17) is 4.74 Å². The van der Waals surface area contributed by atoms with Crippen molar-refractivity contribution in [1.82, 2.24) is 0 Å². The van der Waals surface area contributed by atoms with Gasteiger partial charge in [-0.25, -0.2) is 8.78 Å². The van der Waals surface area contributed by atoms with Crippen LogP contribution in [0.2, 0.25) is 0 Å². The molecule has 0 aromatic heterocycles. The third-order valence-electron chi connectivity index (χ3n) is 2.60. The summed E-state index contributed by atoms with van der Waals surface area (Å²) in [5.74, 6) is -2.22. The van der Waals surface area contributed by atoms with Gasteiger partial charge >= 0.3 is 0 Å². The Bertz CT molecular complexity index is 609. The molecule has 0 atom stereocenters. The van der Waals surface area contributed by atoms with Crippen LogP contribution in [0.15, 0.2) is 42.5 Å². The third kappa shape index (κ3) is 2.78. The summed E-state index contributed by atoms with van der Waals surface area (Å²) in [7, 11) is 0. The Morgan fingerprint density at radius 1 is 1.16 bits per heavy atom. The van der Waals surface area contributed by atoms with E-state index in [9.17, 15) is 13.6 Å². The van der Waals surface area contributed by atoms with Crippen molar-refractivity contribution in [3.8, 4) is 5.75 Å². The Hall–Kier alpha value is -2.23. The second-order valence-corrected chi connectivity index (χ2v) is 3.89. The quantitative estimate of drug-likeness (QED) is 0.787. The number of carbonyl (C=O) groups excluding carboxylic acids is 1. The highest BCUT2D eigenvalue weighted by atomic mass is 19.2. The van der Waals surface area contributed by atoms with Gasteiger partial charge in [0, 0.05) is 5.56 Å². The van der Waals surface area contributed by atoms with Crippen LogP contribution in [0.25, 0.3) is 0 Å². The van der Waals surface area contributed by atoms with Crippen molar-refractivity contribution in [3.05, 3.63) is 65.2 Å². The van der Waals surface area contributed by atoms with E-state index in [1.807, 2.05) is 6.92 Å². The molecule has 0 unspecified atom stereocenters. The van der Waals surface area contributed by atoms with Gasteiger partial charge in [-0.1, -0.05) is 18.2 Å². The standard InChI is InChI=1S/C15H12F2O2/c1-2-19-11-6-3-5-10(9-11)15(18)12-7-4-8-13(16)14(12)17/h3-9H,2H2,1H3. The molecule has 2 nitrogen and oxygen atoms in total. The minimum absolute atomic E-state index is 0.260. The minimum atomic E-state index is -1.13. The summed E-state index contributed by atoms with van der Waals surface area (Å²) < 4.78 is 31.9. The molecule has 19 heavy (non-hydrogen) atoms. The van der Waals surface area contributed by atoms with Crippen LogP contribution in [0.1, 0.15) is 22.8 Å². The highest BCUT2D eigenvalue weighted by Gasteiger charge is 2.17. The van der Waals surface area contributed by atoms with Gasteiger partial charge in [-0.05, 0) is 31.2 Å². The topological polar surface area (TPSA) is 26.3 Å². The van der Waals surface area contributed by atoms with Crippen LogP contribution in [0.4, 0.5) is 8.78 Å². The molecule has 0 radical (unpaired) electrons. The SMILES string of the molecule is CCOc1cccc(C(=O)c2cccc(F)c2F)c1. The number of rotatable bonds is 4. The first-order valence-corrected chi connectivity index (χ1v) is 5.85. The number of carbonyl (C=O) groups is 1. The predicted molar refractivity (Wildman–Crippen MR) is 67.4 cm³/mol. The van der Waals surface area contributed by atoms with Gasteiger partial charge < -0.3 is 4.74 Å². The minimum Gasteiger partial charge on any atom is -0.494 e. The lowest BCUT2D eigenvalue weighted by Crippen LogP contribution is -2.06. The molecule has 0 N–H and O–H groups in total. The van der Waals surface area contributed by atoms with Crippen LogP contribution in [-0.2, 0) is 0 Å². The molecule has 2 aromatic rings. The summed E-state index contributed by atoms with van der Waals surface area (Å²) >= 11 is 0. The van der Waals surface area contributed by atoms with Crippen molar-refractivity contribution in [1.29, 1.82) is 0 Å². The molecule has 2 rings (SSSR count). The number of benzene rings is 2. The van der Waals surface area contributed by atoms with Gasteiger partial charge in [0.15, 0.2) is 17.4 Å². The predicted octanol–water partition coefficient (Wildman–Crippen LogP) is 3.59. The van der Waals surface area contributed by atoms with E-state index in [0.717, 1.165) is 6.07 Å². The summed E-state index contributed by atoms with van der Waals surface area (Å²) in [6, 6.07) is 9.91. The molecule has 0 saturated heterocycles. The average molecular weight is 262 g/mol. The lowest BCUT2D eigenvalue weighted by atomic mass is 10.0. The van der Waals surface area contributed by atoms with Crippen molar-refractivity contribution in [2.75, 3.05) is 6.61 Å². The van der Waals surface area contributed by atoms with E-state index in [-0.39, 0.29) is 11.1 Å². The normalized spacial score (nSPS) is 10.3. The van der Waals surface area contributed by atoms with Gasteiger partial charge in [0.1, 0.15) is 5.75 Å². The van der Waals surface area contributed by atoms with Crippen molar-refractivity contribution >= 4 is 5.78 Å². The number of hydrogen-bond donors (Lipinski definition) is 0. The van der Waals surface area contributed by atoms with Crippen LogP contribution in [0.5, 0.6) is 5.75 Å². The van der Waals surface area contributed by atoms with Gasteiger partial charge in [0.25, 0.3) is 0 Å². The van der Waals surface area contributed by atoms with E-state index < -0.39 is 17.4 Å². The first-order valence-electron chi connectivity index (χ1n) is 5.85. The fraction of sp³-hybridized carbons (Fsp3) is 0.133. The van der Waals surface area contributed by atoms with E-state index in [1.165, 1.54) is 24.3 Å². The number of hydrogen-bond acceptors (Lipinski definition) is 2. The summed E-state index contributed by atoms with van der Waals surface area (Å²) in [5, 5.41) is 0. The molecular weight excluding hydrogens is 250 g/mol. The number of ether oxygens (including phenoxy) is 1. The summed E-state index contributed by atoms with van der Waals surface area (Å²) in [6.07, 6.45) is 0. The Balaban J connectivity index is 2.38. The van der Waals surface area contributed by atoms with Gasteiger partial charge in [-0.15, -0.1) is 0 Å².